The number of benzene rings is 2. The highest BCUT2D eigenvalue weighted by atomic mass is 32.2. The van der Waals surface area contributed by atoms with Crippen molar-refractivity contribution in [1.29, 1.82) is 0 Å². The number of thioether (sulfide) groups is 1. The molecule has 0 fully saturated rings. The predicted octanol–water partition coefficient (Wildman–Crippen LogP) is 3.96. The molecule has 2 aromatic carbocycles. The number of methoxy groups -OCH3 is 1. The van der Waals surface area contributed by atoms with Crippen molar-refractivity contribution in [2.45, 2.75) is 25.2 Å². The minimum Gasteiger partial charge on any atom is -0.383 e. The number of carbonyl (C=O) groups excluding carboxylic acids is 1. The molecule has 1 aromatic heterocycles. The van der Waals surface area contributed by atoms with E-state index in [1.807, 2.05) is 37.3 Å². The van der Waals surface area contributed by atoms with E-state index in [2.05, 4.69) is 9.55 Å². The SMILES string of the molecule is CCN(Cc1cccc(F)c1)C(=O)CSc1nc2ccccc2n1CCOC. The standard InChI is InChI=1S/C21H24FN3O2S/c1-3-24(14-16-7-6-8-17(22)13-16)20(26)15-28-21-23-18-9-4-5-10-19(18)25(21)11-12-27-2/h4-10,13H,3,11-12,14-15H2,1-2H3. The zero-order chi connectivity index (χ0) is 19.9. The normalized spacial score (nSPS) is 11.1. The Morgan fingerprint density at radius 3 is 2.82 bits per heavy atom. The van der Waals surface area contributed by atoms with Crippen LogP contribution in [0.3, 0.4) is 0 Å². The fraction of sp³-hybridized carbons (Fsp3) is 0.333. The molecule has 0 N–H and O–H groups in total. The van der Waals surface area contributed by atoms with Crippen molar-refractivity contribution in [3.63, 3.8) is 0 Å². The maximum atomic E-state index is 13.4. The molecular formula is C21H24FN3O2S. The Hall–Kier alpha value is -2.38. The summed E-state index contributed by atoms with van der Waals surface area (Å²) < 4.78 is 20.7. The summed E-state index contributed by atoms with van der Waals surface area (Å²) in [5.74, 6) is -0.0104. The van der Waals surface area contributed by atoms with Crippen LogP contribution in [0.2, 0.25) is 0 Å². The van der Waals surface area contributed by atoms with E-state index < -0.39 is 0 Å². The van der Waals surface area contributed by atoms with E-state index in [1.165, 1.54) is 23.9 Å². The summed E-state index contributed by atoms with van der Waals surface area (Å²) in [4.78, 5) is 19.1. The number of para-hydroxylation sites is 2. The largest absolute Gasteiger partial charge is 0.383 e. The number of hydrogen-bond donors (Lipinski definition) is 0. The zero-order valence-electron chi connectivity index (χ0n) is 16.1. The molecule has 0 atom stereocenters. The predicted molar refractivity (Wildman–Crippen MR) is 110 cm³/mol. The van der Waals surface area contributed by atoms with Crippen LogP contribution in [-0.4, -0.2) is 46.4 Å². The summed E-state index contributed by atoms with van der Waals surface area (Å²) in [7, 11) is 1.67. The highest BCUT2D eigenvalue weighted by molar-refractivity contribution is 7.99. The Balaban J connectivity index is 1.70. The van der Waals surface area contributed by atoms with Gasteiger partial charge in [-0.25, -0.2) is 9.37 Å². The molecule has 0 unspecified atom stereocenters. The quantitative estimate of drug-likeness (QED) is 0.509. The highest BCUT2D eigenvalue weighted by Gasteiger charge is 2.16. The molecule has 0 aliphatic carbocycles. The number of imidazole rings is 1. The van der Waals surface area contributed by atoms with Gasteiger partial charge in [0, 0.05) is 26.7 Å². The smallest absolute Gasteiger partial charge is 0.233 e. The molecule has 1 heterocycles. The van der Waals surface area contributed by atoms with E-state index in [0.29, 0.717) is 26.2 Å². The summed E-state index contributed by atoms with van der Waals surface area (Å²) in [6.45, 7) is 4.14. The molecule has 28 heavy (non-hydrogen) atoms. The molecule has 0 saturated carbocycles. The molecule has 148 valence electrons. The average molecular weight is 402 g/mol. The number of fused-ring (bicyclic) bond motifs is 1. The number of rotatable bonds is 9. The maximum absolute atomic E-state index is 13.4. The Labute approximate surface area is 168 Å². The van der Waals surface area contributed by atoms with Crippen LogP contribution < -0.4 is 0 Å². The molecular weight excluding hydrogens is 377 g/mol. The molecule has 0 aliphatic rings. The van der Waals surface area contributed by atoms with E-state index in [4.69, 9.17) is 4.74 Å². The first-order chi connectivity index (χ1) is 13.6. The van der Waals surface area contributed by atoms with Gasteiger partial charge in [-0.05, 0) is 36.8 Å². The number of amides is 1. The summed E-state index contributed by atoms with van der Waals surface area (Å²) in [5.41, 5.74) is 2.72. The van der Waals surface area contributed by atoms with Crippen molar-refractivity contribution < 1.29 is 13.9 Å². The van der Waals surface area contributed by atoms with Crippen molar-refractivity contribution in [1.82, 2.24) is 14.5 Å². The monoisotopic (exact) mass is 401 g/mol. The van der Waals surface area contributed by atoms with E-state index in [0.717, 1.165) is 21.8 Å². The van der Waals surface area contributed by atoms with Gasteiger partial charge in [0.05, 0.1) is 23.4 Å². The van der Waals surface area contributed by atoms with E-state index in [-0.39, 0.29) is 17.5 Å². The first-order valence-electron chi connectivity index (χ1n) is 9.21. The van der Waals surface area contributed by atoms with Crippen LogP contribution in [0.1, 0.15) is 12.5 Å². The van der Waals surface area contributed by atoms with Crippen LogP contribution in [0, 0.1) is 5.82 Å². The molecule has 0 bridgehead atoms. The van der Waals surface area contributed by atoms with Crippen molar-refractivity contribution in [2.75, 3.05) is 26.0 Å². The number of halogens is 1. The minimum atomic E-state index is -0.290. The van der Waals surface area contributed by atoms with Gasteiger partial charge in [0.25, 0.3) is 0 Å². The van der Waals surface area contributed by atoms with Crippen LogP contribution in [-0.2, 0) is 22.6 Å². The van der Waals surface area contributed by atoms with Gasteiger partial charge >= 0.3 is 0 Å². The molecule has 7 heteroatoms. The van der Waals surface area contributed by atoms with Crippen molar-refractivity contribution in [3.8, 4) is 0 Å². The van der Waals surface area contributed by atoms with Crippen molar-refractivity contribution >= 4 is 28.7 Å². The molecule has 0 aliphatic heterocycles. The van der Waals surface area contributed by atoms with Gasteiger partial charge in [-0.1, -0.05) is 36.0 Å². The number of aromatic nitrogens is 2. The number of carbonyl (C=O) groups is 1. The van der Waals surface area contributed by atoms with E-state index in [1.54, 1.807) is 18.1 Å². The lowest BCUT2D eigenvalue weighted by Crippen LogP contribution is -2.31. The first-order valence-corrected chi connectivity index (χ1v) is 10.2. The lowest BCUT2D eigenvalue weighted by molar-refractivity contribution is -0.128. The van der Waals surface area contributed by atoms with Crippen LogP contribution in [0.4, 0.5) is 4.39 Å². The molecule has 0 spiro atoms. The van der Waals surface area contributed by atoms with Gasteiger partial charge in [0.1, 0.15) is 5.82 Å². The second kappa shape index (κ2) is 9.71. The molecule has 0 radical (unpaired) electrons. The summed E-state index contributed by atoms with van der Waals surface area (Å²) in [6, 6.07) is 14.3. The minimum absolute atomic E-state index is 0.00195. The van der Waals surface area contributed by atoms with E-state index in [9.17, 15) is 9.18 Å². The summed E-state index contributed by atoms with van der Waals surface area (Å²) in [6.07, 6.45) is 0. The van der Waals surface area contributed by atoms with Gasteiger partial charge in [-0.3, -0.25) is 4.79 Å². The topological polar surface area (TPSA) is 47.4 Å². The van der Waals surface area contributed by atoms with Crippen molar-refractivity contribution in [3.05, 3.63) is 59.9 Å². The molecule has 0 saturated heterocycles. The van der Waals surface area contributed by atoms with Crippen LogP contribution >= 0.6 is 11.8 Å². The third kappa shape index (κ3) is 4.91. The molecule has 5 nitrogen and oxygen atoms in total. The average Bonchev–Trinajstić information content (AvgIpc) is 3.06. The van der Waals surface area contributed by atoms with Crippen molar-refractivity contribution in [2.24, 2.45) is 0 Å². The third-order valence-electron chi connectivity index (χ3n) is 4.46. The Morgan fingerprint density at radius 1 is 1.25 bits per heavy atom. The molecule has 1 amide bonds. The van der Waals surface area contributed by atoms with Gasteiger partial charge in [0.15, 0.2) is 5.16 Å². The molecule has 3 rings (SSSR count). The third-order valence-corrected chi connectivity index (χ3v) is 5.42. The molecule has 3 aromatic rings. The van der Waals surface area contributed by atoms with Gasteiger partial charge in [-0.2, -0.15) is 0 Å². The van der Waals surface area contributed by atoms with Gasteiger partial charge < -0.3 is 14.2 Å². The number of nitrogens with zero attached hydrogens (tertiary/aromatic N) is 3. The van der Waals surface area contributed by atoms with E-state index >= 15 is 0 Å². The summed E-state index contributed by atoms with van der Waals surface area (Å²) in [5, 5.41) is 0.799. The second-order valence-electron chi connectivity index (χ2n) is 6.35. The fourth-order valence-corrected chi connectivity index (χ4v) is 3.96. The Morgan fingerprint density at radius 2 is 2.07 bits per heavy atom. The Kier molecular flexibility index (Phi) is 7.06. The number of hydrogen-bond acceptors (Lipinski definition) is 4. The van der Waals surface area contributed by atoms with Crippen LogP contribution in [0.25, 0.3) is 11.0 Å². The first kappa shape index (κ1) is 20.4. The van der Waals surface area contributed by atoms with Gasteiger partial charge in [-0.15, -0.1) is 0 Å². The van der Waals surface area contributed by atoms with Crippen LogP contribution in [0.5, 0.6) is 0 Å². The lowest BCUT2D eigenvalue weighted by Gasteiger charge is -2.21. The van der Waals surface area contributed by atoms with Gasteiger partial charge in [0.2, 0.25) is 5.91 Å². The lowest BCUT2D eigenvalue weighted by atomic mass is 10.2. The zero-order valence-corrected chi connectivity index (χ0v) is 16.9. The second-order valence-corrected chi connectivity index (χ2v) is 7.30. The van der Waals surface area contributed by atoms with Crippen LogP contribution in [0.15, 0.2) is 53.7 Å². The summed E-state index contributed by atoms with van der Waals surface area (Å²) >= 11 is 1.42. The highest BCUT2D eigenvalue weighted by Crippen LogP contribution is 2.24. The number of ether oxygens (including phenoxy) is 1. The fourth-order valence-electron chi connectivity index (χ4n) is 3.01. The maximum Gasteiger partial charge on any atom is 0.233 e. The Bertz CT molecular complexity index is 944.